The fraction of sp³-hybridized carbons (Fsp3) is 0.263. The van der Waals surface area contributed by atoms with Crippen molar-refractivity contribution in [2.75, 3.05) is 25.5 Å². The minimum Gasteiger partial charge on any atom is -0.480 e. The van der Waals surface area contributed by atoms with Crippen LogP contribution in [-0.2, 0) is 0 Å². The predicted octanol–water partition coefficient (Wildman–Crippen LogP) is 2.13. The van der Waals surface area contributed by atoms with Gasteiger partial charge in [-0.1, -0.05) is 0 Å². The minimum atomic E-state index is -0.928. The van der Waals surface area contributed by atoms with Crippen molar-refractivity contribution in [3.8, 4) is 23.2 Å². The van der Waals surface area contributed by atoms with Crippen LogP contribution in [-0.4, -0.2) is 62.3 Å². The molecule has 4 rings (SSSR count). The molecular weight excluding hydrogens is 374 g/mol. The second-order valence-corrected chi connectivity index (χ2v) is 6.54. The third-order valence-electron chi connectivity index (χ3n) is 4.74. The Morgan fingerprint density at radius 2 is 2.24 bits per heavy atom. The Balaban J connectivity index is 1.68. The average Bonchev–Trinajstić information content (AvgIpc) is 3.22. The number of aromatic nitrogens is 4. The fourth-order valence-electron chi connectivity index (χ4n) is 3.29. The van der Waals surface area contributed by atoms with Gasteiger partial charge in [-0.3, -0.25) is 0 Å². The van der Waals surface area contributed by atoms with Gasteiger partial charge in [-0.05, 0) is 24.6 Å². The van der Waals surface area contributed by atoms with E-state index in [1.807, 2.05) is 6.07 Å². The summed E-state index contributed by atoms with van der Waals surface area (Å²) in [5.74, 6) is 0.794. The zero-order chi connectivity index (χ0) is 20.4. The molecule has 1 aliphatic rings. The third kappa shape index (κ3) is 3.58. The van der Waals surface area contributed by atoms with Gasteiger partial charge in [0, 0.05) is 30.9 Å². The van der Waals surface area contributed by atoms with Gasteiger partial charge in [0.15, 0.2) is 5.82 Å². The van der Waals surface area contributed by atoms with Gasteiger partial charge in [0.1, 0.15) is 23.5 Å². The predicted molar refractivity (Wildman–Crippen MR) is 103 cm³/mol. The number of nitrogens with zero attached hydrogens (tertiary/aromatic N) is 6. The topological polar surface area (TPSA) is 137 Å². The van der Waals surface area contributed by atoms with Gasteiger partial charge in [0.25, 0.3) is 0 Å². The van der Waals surface area contributed by atoms with Crippen molar-refractivity contribution in [1.82, 2.24) is 24.8 Å². The minimum absolute atomic E-state index is 0.0532. The molecule has 10 nitrogen and oxygen atoms in total. The summed E-state index contributed by atoms with van der Waals surface area (Å²) in [6, 6.07) is 7.29. The first-order chi connectivity index (χ1) is 14.1. The molecule has 1 amide bonds. The van der Waals surface area contributed by atoms with Crippen LogP contribution in [0.15, 0.2) is 30.7 Å². The summed E-state index contributed by atoms with van der Waals surface area (Å²) >= 11 is 0. The quantitative estimate of drug-likeness (QED) is 0.685. The highest BCUT2D eigenvalue weighted by Gasteiger charge is 2.26. The Kier molecular flexibility index (Phi) is 4.78. The molecule has 2 N–H and O–H groups in total. The zero-order valence-electron chi connectivity index (χ0n) is 15.5. The lowest BCUT2D eigenvalue weighted by molar-refractivity contribution is 0.155. The van der Waals surface area contributed by atoms with Crippen LogP contribution in [0.2, 0.25) is 0 Å². The summed E-state index contributed by atoms with van der Waals surface area (Å²) in [4.78, 5) is 29.9. The number of pyridine rings is 2. The zero-order valence-corrected chi connectivity index (χ0v) is 15.5. The number of rotatable bonds is 4. The maximum absolute atomic E-state index is 11.1. The molecule has 0 aromatic carbocycles. The van der Waals surface area contributed by atoms with Gasteiger partial charge in [-0.2, -0.15) is 5.26 Å². The number of carbonyl (C=O) groups is 1. The van der Waals surface area contributed by atoms with Gasteiger partial charge in [-0.25, -0.2) is 24.7 Å². The summed E-state index contributed by atoms with van der Waals surface area (Å²) in [7, 11) is 1.46. The van der Waals surface area contributed by atoms with Crippen LogP contribution in [0.4, 0.5) is 10.6 Å². The first kappa shape index (κ1) is 18.4. The summed E-state index contributed by atoms with van der Waals surface area (Å²) < 4.78 is 5.09. The summed E-state index contributed by atoms with van der Waals surface area (Å²) in [6.45, 7) is 0.859. The molecule has 3 aromatic rings. The Labute approximate surface area is 165 Å². The molecule has 146 valence electrons. The normalized spacial score (nSPS) is 15.9. The number of hydrogen-bond acceptors (Lipinski definition) is 8. The molecular formula is C19H17N7O3. The number of carboxylic acid groups (broad SMARTS) is 1. The first-order valence-electron chi connectivity index (χ1n) is 8.89. The van der Waals surface area contributed by atoms with Crippen molar-refractivity contribution in [3.63, 3.8) is 0 Å². The molecule has 10 heteroatoms. The number of fused-ring (bicyclic) bond motifs is 1. The van der Waals surface area contributed by atoms with E-state index in [0.717, 1.165) is 0 Å². The monoisotopic (exact) mass is 391 g/mol. The number of nitriles is 1. The molecule has 0 unspecified atom stereocenters. The van der Waals surface area contributed by atoms with Crippen molar-refractivity contribution < 1.29 is 14.6 Å². The lowest BCUT2D eigenvalue weighted by Crippen LogP contribution is -2.30. The maximum atomic E-state index is 11.1. The van der Waals surface area contributed by atoms with Crippen LogP contribution < -0.4 is 10.1 Å². The van der Waals surface area contributed by atoms with E-state index in [9.17, 15) is 10.1 Å². The molecule has 1 atom stereocenters. The summed E-state index contributed by atoms with van der Waals surface area (Å²) in [5, 5.41) is 21.7. The van der Waals surface area contributed by atoms with Crippen molar-refractivity contribution >= 4 is 22.9 Å². The van der Waals surface area contributed by atoms with Crippen LogP contribution in [0.3, 0.4) is 0 Å². The molecule has 0 bridgehead atoms. The van der Waals surface area contributed by atoms with Crippen LogP contribution in [0.25, 0.3) is 22.3 Å². The number of ether oxygens (including phenoxy) is 1. The van der Waals surface area contributed by atoms with E-state index in [2.05, 4.69) is 31.3 Å². The van der Waals surface area contributed by atoms with Crippen molar-refractivity contribution in [3.05, 3.63) is 36.3 Å². The molecule has 0 radical (unpaired) electrons. The van der Waals surface area contributed by atoms with E-state index in [-0.39, 0.29) is 11.9 Å². The molecule has 1 fully saturated rings. The number of amides is 1. The molecule has 1 aliphatic heterocycles. The molecule has 1 saturated heterocycles. The van der Waals surface area contributed by atoms with E-state index < -0.39 is 6.09 Å². The van der Waals surface area contributed by atoms with E-state index in [0.29, 0.717) is 53.2 Å². The highest BCUT2D eigenvalue weighted by Crippen LogP contribution is 2.26. The van der Waals surface area contributed by atoms with Gasteiger partial charge < -0.3 is 20.1 Å². The molecule has 0 saturated carbocycles. The Hall–Kier alpha value is -4.00. The maximum Gasteiger partial charge on any atom is 0.407 e. The van der Waals surface area contributed by atoms with Crippen LogP contribution in [0, 0.1) is 11.3 Å². The summed E-state index contributed by atoms with van der Waals surface area (Å²) in [5.41, 5.74) is 2.81. The smallest absolute Gasteiger partial charge is 0.407 e. The van der Waals surface area contributed by atoms with E-state index >= 15 is 0 Å². The van der Waals surface area contributed by atoms with Gasteiger partial charge >= 0.3 is 6.09 Å². The lowest BCUT2D eigenvalue weighted by Gasteiger charge is -2.15. The fourth-order valence-corrected chi connectivity index (χ4v) is 3.29. The van der Waals surface area contributed by atoms with Crippen molar-refractivity contribution in [2.45, 2.75) is 12.5 Å². The largest absolute Gasteiger partial charge is 0.480 e. The number of methoxy groups -OCH3 is 1. The SMILES string of the molecule is COc1ncc(-c2ccc3ncnc(N[C@H]4CCN(C(=O)O)C4)c3n2)cc1C#N. The van der Waals surface area contributed by atoms with Gasteiger partial charge in [-0.15, -0.1) is 0 Å². The number of hydrogen-bond donors (Lipinski definition) is 2. The molecule has 0 aliphatic carbocycles. The van der Waals surface area contributed by atoms with Crippen molar-refractivity contribution in [1.29, 1.82) is 5.26 Å². The average molecular weight is 391 g/mol. The Morgan fingerprint density at radius 3 is 2.97 bits per heavy atom. The third-order valence-corrected chi connectivity index (χ3v) is 4.74. The first-order valence-corrected chi connectivity index (χ1v) is 8.89. The second-order valence-electron chi connectivity index (χ2n) is 6.54. The number of nitrogens with one attached hydrogen (secondary N) is 1. The summed E-state index contributed by atoms with van der Waals surface area (Å²) in [6.07, 6.45) is 2.79. The molecule has 29 heavy (non-hydrogen) atoms. The van der Waals surface area contributed by atoms with Gasteiger partial charge in [0.05, 0.1) is 18.3 Å². The Morgan fingerprint density at radius 1 is 1.38 bits per heavy atom. The number of anilines is 1. The van der Waals surface area contributed by atoms with Gasteiger partial charge in [0.2, 0.25) is 5.88 Å². The van der Waals surface area contributed by atoms with E-state index in [1.165, 1.54) is 18.3 Å². The van der Waals surface area contributed by atoms with Crippen LogP contribution in [0.5, 0.6) is 5.88 Å². The highest BCUT2D eigenvalue weighted by atomic mass is 16.5. The Bertz CT molecular complexity index is 1130. The standard InChI is InChI=1S/C19H17N7O3/c1-29-18-11(7-20)6-12(8-21-18)14-2-3-15-16(25-14)17(23-10-22-15)24-13-4-5-26(9-13)19(27)28/h2-3,6,8,10,13H,4-5,9H2,1H3,(H,27,28)(H,22,23,24)/t13-/m0/s1. The van der Waals surface area contributed by atoms with Crippen LogP contribution in [0.1, 0.15) is 12.0 Å². The number of likely N-dealkylation sites (tertiary alicyclic amines) is 1. The molecule has 4 heterocycles. The van der Waals surface area contributed by atoms with Crippen molar-refractivity contribution in [2.24, 2.45) is 0 Å². The second kappa shape index (κ2) is 7.55. The van der Waals surface area contributed by atoms with E-state index in [4.69, 9.17) is 9.84 Å². The van der Waals surface area contributed by atoms with E-state index in [1.54, 1.807) is 18.3 Å². The molecule has 3 aromatic heterocycles. The van der Waals surface area contributed by atoms with Crippen LogP contribution >= 0.6 is 0 Å². The lowest BCUT2D eigenvalue weighted by atomic mass is 10.1. The molecule has 0 spiro atoms. The highest BCUT2D eigenvalue weighted by molar-refractivity contribution is 5.87.